The first-order valence-electron chi connectivity index (χ1n) is 7.95. The van der Waals surface area contributed by atoms with E-state index in [1.54, 1.807) is 11.9 Å². The summed E-state index contributed by atoms with van der Waals surface area (Å²) >= 11 is 1.26. The molecule has 0 saturated carbocycles. The average molecular weight is 353 g/mol. The van der Waals surface area contributed by atoms with Crippen LogP contribution in [0.4, 0.5) is 5.69 Å². The van der Waals surface area contributed by atoms with Crippen LogP contribution in [-0.4, -0.2) is 28.4 Å². The van der Waals surface area contributed by atoms with Crippen LogP contribution in [0, 0.1) is 6.92 Å². The molecule has 0 aliphatic carbocycles. The van der Waals surface area contributed by atoms with Gasteiger partial charge in [-0.2, -0.15) is 0 Å². The van der Waals surface area contributed by atoms with Gasteiger partial charge in [-0.1, -0.05) is 48.2 Å². The largest absolute Gasteiger partial charge is 0.411 e. The number of hydrogen-bond donors (Lipinski definition) is 0. The van der Waals surface area contributed by atoms with Crippen molar-refractivity contribution in [3.8, 4) is 11.5 Å². The van der Waals surface area contributed by atoms with Crippen molar-refractivity contribution < 1.29 is 9.21 Å². The molecular formula is C19H19N3O2S. The van der Waals surface area contributed by atoms with Crippen molar-refractivity contribution in [1.29, 1.82) is 0 Å². The van der Waals surface area contributed by atoms with Crippen molar-refractivity contribution in [3.63, 3.8) is 0 Å². The van der Waals surface area contributed by atoms with Crippen molar-refractivity contribution >= 4 is 23.4 Å². The monoisotopic (exact) mass is 353 g/mol. The first-order valence-corrected chi connectivity index (χ1v) is 8.83. The summed E-state index contributed by atoms with van der Waals surface area (Å²) in [5.74, 6) is 0.448. The summed E-state index contributed by atoms with van der Waals surface area (Å²) in [5.41, 5.74) is 2.82. The number of amides is 1. The summed E-state index contributed by atoms with van der Waals surface area (Å²) in [6.45, 7) is 3.83. The molecule has 1 amide bonds. The zero-order chi connectivity index (χ0) is 17.8. The lowest BCUT2D eigenvalue weighted by Crippen LogP contribution is -2.33. The van der Waals surface area contributed by atoms with E-state index < -0.39 is 0 Å². The molecule has 0 fully saturated rings. The molecule has 1 aromatic heterocycles. The highest BCUT2D eigenvalue weighted by molar-refractivity contribution is 8.00. The van der Waals surface area contributed by atoms with Crippen molar-refractivity contribution in [2.45, 2.75) is 24.3 Å². The van der Waals surface area contributed by atoms with Crippen LogP contribution in [-0.2, 0) is 4.79 Å². The van der Waals surface area contributed by atoms with Gasteiger partial charge in [-0.05, 0) is 37.6 Å². The molecule has 25 heavy (non-hydrogen) atoms. The third-order valence-corrected chi connectivity index (χ3v) is 4.80. The minimum atomic E-state index is -0.338. The zero-order valence-electron chi connectivity index (χ0n) is 14.3. The van der Waals surface area contributed by atoms with Gasteiger partial charge in [0.05, 0.1) is 5.25 Å². The van der Waals surface area contributed by atoms with Gasteiger partial charge in [-0.3, -0.25) is 4.79 Å². The van der Waals surface area contributed by atoms with Crippen LogP contribution < -0.4 is 4.90 Å². The van der Waals surface area contributed by atoms with Gasteiger partial charge in [0, 0.05) is 18.3 Å². The highest BCUT2D eigenvalue weighted by atomic mass is 32.2. The Hall–Kier alpha value is -2.60. The SMILES string of the molecule is Cc1ccccc1-c1nnc(S[C@@H](C)C(=O)N(C)c2ccccc2)o1. The molecule has 1 atom stereocenters. The Morgan fingerprint density at radius 2 is 1.76 bits per heavy atom. The summed E-state index contributed by atoms with van der Waals surface area (Å²) in [7, 11) is 1.77. The van der Waals surface area contributed by atoms with Crippen LogP contribution in [0.5, 0.6) is 0 Å². The molecule has 0 radical (unpaired) electrons. The fourth-order valence-corrected chi connectivity index (χ4v) is 3.21. The molecule has 0 saturated heterocycles. The third kappa shape index (κ3) is 3.91. The Labute approximate surface area is 151 Å². The number of para-hydroxylation sites is 1. The molecule has 0 aliphatic rings. The maximum atomic E-state index is 12.6. The standard InChI is InChI=1S/C19H19N3O2S/c1-13-9-7-8-12-16(13)17-20-21-19(24-17)25-14(2)18(23)22(3)15-10-5-4-6-11-15/h4-12,14H,1-3H3/t14-/m0/s1. The maximum Gasteiger partial charge on any atom is 0.277 e. The first-order chi connectivity index (χ1) is 12.1. The minimum absolute atomic E-state index is 0.0214. The lowest BCUT2D eigenvalue weighted by molar-refractivity contribution is -0.117. The van der Waals surface area contributed by atoms with E-state index in [2.05, 4.69) is 10.2 Å². The van der Waals surface area contributed by atoms with E-state index in [1.165, 1.54) is 11.8 Å². The summed E-state index contributed by atoms with van der Waals surface area (Å²) in [6, 6.07) is 17.4. The lowest BCUT2D eigenvalue weighted by atomic mass is 10.1. The van der Waals surface area contributed by atoms with E-state index in [-0.39, 0.29) is 11.2 Å². The lowest BCUT2D eigenvalue weighted by Gasteiger charge is -2.20. The Morgan fingerprint density at radius 3 is 2.48 bits per heavy atom. The molecule has 0 aliphatic heterocycles. The van der Waals surface area contributed by atoms with Gasteiger partial charge in [0.2, 0.25) is 11.8 Å². The molecular weight excluding hydrogens is 334 g/mol. The van der Waals surface area contributed by atoms with Crippen molar-refractivity contribution in [2.24, 2.45) is 0 Å². The predicted molar refractivity (Wildman–Crippen MR) is 99.6 cm³/mol. The Morgan fingerprint density at radius 1 is 1.08 bits per heavy atom. The van der Waals surface area contributed by atoms with Crippen molar-refractivity contribution in [3.05, 3.63) is 60.2 Å². The maximum absolute atomic E-state index is 12.6. The average Bonchev–Trinajstić information content (AvgIpc) is 3.09. The van der Waals surface area contributed by atoms with Gasteiger partial charge < -0.3 is 9.32 Å². The zero-order valence-corrected chi connectivity index (χ0v) is 15.2. The van der Waals surface area contributed by atoms with E-state index in [0.29, 0.717) is 11.1 Å². The van der Waals surface area contributed by atoms with Crippen LogP contribution in [0.15, 0.2) is 64.2 Å². The van der Waals surface area contributed by atoms with Crippen LogP contribution in [0.2, 0.25) is 0 Å². The fourth-order valence-electron chi connectivity index (χ4n) is 2.43. The summed E-state index contributed by atoms with van der Waals surface area (Å²) in [5, 5.41) is 8.22. The van der Waals surface area contributed by atoms with Crippen molar-refractivity contribution in [1.82, 2.24) is 10.2 Å². The highest BCUT2D eigenvalue weighted by Crippen LogP contribution is 2.28. The van der Waals surface area contributed by atoms with E-state index in [4.69, 9.17) is 4.42 Å². The molecule has 2 aromatic carbocycles. The van der Waals surface area contributed by atoms with Gasteiger partial charge >= 0.3 is 0 Å². The van der Waals surface area contributed by atoms with Gasteiger partial charge in [0.1, 0.15) is 0 Å². The number of carbonyl (C=O) groups excluding carboxylic acids is 1. The minimum Gasteiger partial charge on any atom is -0.411 e. The molecule has 1 heterocycles. The topological polar surface area (TPSA) is 59.2 Å². The second-order valence-corrected chi connectivity index (χ2v) is 6.97. The number of nitrogens with zero attached hydrogens (tertiary/aromatic N) is 3. The fraction of sp³-hybridized carbons (Fsp3) is 0.211. The molecule has 0 spiro atoms. The van der Waals surface area contributed by atoms with Crippen molar-refractivity contribution in [2.75, 3.05) is 11.9 Å². The number of rotatable bonds is 5. The summed E-state index contributed by atoms with van der Waals surface area (Å²) < 4.78 is 5.73. The second kappa shape index (κ2) is 7.53. The van der Waals surface area contributed by atoms with Gasteiger partial charge in [0.25, 0.3) is 5.22 Å². The van der Waals surface area contributed by atoms with Gasteiger partial charge in [0.15, 0.2) is 0 Å². The normalized spacial score (nSPS) is 12.0. The van der Waals surface area contributed by atoms with E-state index in [9.17, 15) is 4.79 Å². The molecule has 6 heteroatoms. The van der Waals surface area contributed by atoms with Crippen LogP contribution in [0.1, 0.15) is 12.5 Å². The Balaban J connectivity index is 1.70. The van der Waals surface area contributed by atoms with Crippen LogP contribution in [0.25, 0.3) is 11.5 Å². The molecule has 128 valence electrons. The number of thioether (sulfide) groups is 1. The smallest absolute Gasteiger partial charge is 0.277 e. The van der Waals surface area contributed by atoms with Crippen LogP contribution in [0.3, 0.4) is 0 Å². The van der Waals surface area contributed by atoms with Gasteiger partial charge in [-0.25, -0.2) is 0 Å². The number of aryl methyl sites for hydroxylation is 1. The molecule has 0 unspecified atom stereocenters. The van der Waals surface area contributed by atoms with E-state index in [0.717, 1.165) is 16.8 Å². The highest BCUT2D eigenvalue weighted by Gasteiger charge is 2.22. The Bertz CT molecular complexity index is 864. The second-order valence-electron chi connectivity index (χ2n) is 5.68. The van der Waals surface area contributed by atoms with E-state index >= 15 is 0 Å². The molecule has 3 rings (SSSR count). The number of hydrogen-bond acceptors (Lipinski definition) is 5. The predicted octanol–water partition coefficient (Wildman–Crippen LogP) is 4.19. The summed E-state index contributed by atoms with van der Waals surface area (Å²) in [4.78, 5) is 14.2. The number of aromatic nitrogens is 2. The van der Waals surface area contributed by atoms with Crippen LogP contribution >= 0.6 is 11.8 Å². The van der Waals surface area contributed by atoms with E-state index in [1.807, 2.05) is 68.4 Å². The summed E-state index contributed by atoms with van der Waals surface area (Å²) in [6.07, 6.45) is 0. The number of benzene rings is 2. The Kier molecular flexibility index (Phi) is 5.19. The van der Waals surface area contributed by atoms with Gasteiger partial charge in [-0.15, -0.1) is 10.2 Å². The number of anilines is 1. The molecule has 3 aromatic rings. The quantitative estimate of drug-likeness (QED) is 0.644. The molecule has 0 bridgehead atoms. The third-order valence-electron chi connectivity index (χ3n) is 3.88. The molecule has 0 N–H and O–H groups in total. The first kappa shape index (κ1) is 17.2. The number of carbonyl (C=O) groups is 1. The molecule has 5 nitrogen and oxygen atoms in total.